The van der Waals surface area contributed by atoms with Crippen LogP contribution in [0.2, 0.25) is 4.34 Å². The molecule has 4 N–H and O–H groups in total. The number of benzene rings is 1. The highest BCUT2D eigenvalue weighted by Crippen LogP contribution is 2.25. The monoisotopic (exact) mass is 505 g/mol. The number of hydrogen-bond donors (Lipinski definition) is 4. The van der Waals surface area contributed by atoms with Crippen molar-refractivity contribution in [2.45, 2.75) is 4.21 Å². The van der Waals surface area contributed by atoms with E-state index in [1.165, 1.54) is 35.0 Å². The first-order valence-electron chi connectivity index (χ1n) is 9.29. The molecule has 0 bridgehead atoms. The Morgan fingerprint density at radius 3 is 2.45 bits per heavy atom. The van der Waals surface area contributed by atoms with Gasteiger partial charge in [-0.25, -0.2) is 17.9 Å². The molecule has 0 fully saturated rings. The molecular formula is C19H16ClN7O4S2. The van der Waals surface area contributed by atoms with E-state index in [4.69, 9.17) is 11.6 Å². The van der Waals surface area contributed by atoms with Gasteiger partial charge in [-0.2, -0.15) is 4.68 Å². The number of carbonyl (C=O) groups excluding carboxylic acids is 1. The zero-order valence-corrected chi connectivity index (χ0v) is 19.3. The summed E-state index contributed by atoms with van der Waals surface area (Å²) in [5, 5.41) is 16.0. The summed E-state index contributed by atoms with van der Waals surface area (Å²) < 4.78 is 27.6. The Morgan fingerprint density at radius 2 is 1.85 bits per heavy atom. The van der Waals surface area contributed by atoms with Crippen molar-refractivity contribution >= 4 is 50.5 Å². The Hall–Kier alpha value is -3.68. The number of sulfonamides is 1. The van der Waals surface area contributed by atoms with Crippen LogP contribution in [0.4, 0.5) is 16.3 Å². The summed E-state index contributed by atoms with van der Waals surface area (Å²) in [6, 6.07) is 13.4. The molecule has 0 aliphatic carbocycles. The lowest BCUT2D eigenvalue weighted by Gasteiger charge is -2.07. The van der Waals surface area contributed by atoms with Gasteiger partial charge in [0.25, 0.3) is 15.6 Å². The molecule has 1 aromatic carbocycles. The van der Waals surface area contributed by atoms with Crippen LogP contribution < -0.4 is 20.9 Å². The van der Waals surface area contributed by atoms with Crippen LogP contribution in [-0.4, -0.2) is 41.5 Å². The third-order valence-electron chi connectivity index (χ3n) is 4.37. The number of aromatic nitrogens is 4. The van der Waals surface area contributed by atoms with Gasteiger partial charge in [-0.15, -0.1) is 21.5 Å². The van der Waals surface area contributed by atoms with Crippen LogP contribution in [0.3, 0.4) is 0 Å². The summed E-state index contributed by atoms with van der Waals surface area (Å²) in [6.07, 6.45) is 0. The SMILES string of the molecule is CNc1ccc(-c2cc(=O)n(-c3ccc(NC(=O)NS(=O)(=O)c4ccc(Cl)s4)nn3)[nH]2)cc1. The second-order valence-electron chi connectivity index (χ2n) is 6.57. The Balaban J connectivity index is 1.46. The van der Waals surface area contributed by atoms with Gasteiger partial charge in [-0.05, 0) is 42.0 Å². The second kappa shape index (κ2) is 9.05. The first-order chi connectivity index (χ1) is 15.7. The molecule has 0 aliphatic rings. The van der Waals surface area contributed by atoms with Crippen LogP contribution in [0.1, 0.15) is 0 Å². The molecule has 0 saturated heterocycles. The van der Waals surface area contributed by atoms with Gasteiger partial charge >= 0.3 is 6.03 Å². The fourth-order valence-corrected chi connectivity index (χ4v) is 5.19. The molecule has 4 rings (SSSR count). The number of urea groups is 1. The number of carbonyl (C=O) groups is 1. The number of nitrogens with one attached hydrogen (secondary N) is 4. The Bertz CT molecular complexity index is 1460. The van der Waals surface area contributed by atoms with Gasteiger partial charge in [0, 0.05) is 18.8 Å². The molecule has 0 aliphatic heterocycles. The van der Waals surface area contributed by atoms with E-state index in [0.29, 0.717) is 5.69 Å². The zero-order chi connectivity index (χ0) is 23.6. The normalized spacial score (nSPS) is 11.2. The summed E-state index contributed by atoms with van der Waals surface area (Å²) in [5.41, 5.74) is 1.98. The van der Waals surface area contributed by atoms with Crippen molar-refractivity contribution < 1.29 is 13.2 Å². The minimum atomic E-state index is -4.07. The van der Waals surface area contributed by atoms with Crippen molar-refractivity contribution in [2.75, 3.05) is 17.7 Å². The van der Waals surface area contributed by atoms with Gasteiger partial charge in [-0.3, -0.25) is 15.2 Å². The van der Waals surface area contributed by atoms with E-state index < -0.39 is 16.1 Å². The standard InChI is InChI=1S/C19H16ClN7O4S2/c1-21-12-4-2-11(3-5-12)13-10-17(28)27(25-13)16-8-7-15(23-24-16)22-19(29)26-33(30,31)18-9-6-14(20)32-18/h2-10,21,25H,1H3,(H2,22,23,26,29). The lowest BCUT2D eigenvalue weighted by Crippen LogP contribution is -2.34. The van der Waals surface area contributed by atoms with E-state index in [1.54, 1.807) is 0 Å². The third-order valence-corrected chi connectivity index (χ3v) is 7.42. The van der Waals surface area contributed by atoms with E-state index in [9.17, 15) is 18.0 Å². The predicted octanol–water partition coefficient (Wildman–Crippen LogP) is 2.89. The number of thiophene rings is 1. The molecule has 170 valence electrons. The highest BCUT2D eigenvalue weighted by molar-refractivity contribution is 7.92. The molecule has 0 radical (unpaired) electrons. The molecule has 0 spiro atoms. The van der Waals surface area contributed by atoms with Crippen LogP contribution in [0.25, 0.3) is 17.1 Å². The van der Waals surface area contributed by atoms with E-state index in [1.807, 2.05) is 36.0 Å². The van der Waals surface area contributed by atoms with E-state index in [-0.39, 0.29) is 25.7 Å². The molecule has 3 heterocycles. The smallest absolute Gasteiger partial charge is 0.334 e. The fourth-order valence-electron chi connectivity index (χ4n) is 2.80. The van der Waals surface area contributed by atoms with E-state index in [2.05, 4.69) is 25.9 Å². The fraction of sp³-hybridized carbons (Fsp3) is 0.0526. The minimum absolute atomic E-state index is 0.0156. The molecule has 0 atom stereocenters. The Labute approximate surface area is 196 Å². The van der Waals surface area contributed by atoms with Crippen molar-refractivity contribution in [1.29, 1.82) is 0 Å². The highest BCUT2D eigenvalue weighted by atomic mass is 35.5. The van der Waals surface area contributed by atoms with Crippen molar-refractivity contribution in [3.8, 4) is 17.1 Å². The largest absolute Gasteiger partial charge is 0.388 e. The van der Waals surface area contributed by atoms with Gasteiger partial charge in [-0.1, -0.05) is 23.7 Å². The van der Waals surface area contributed by atoms with Crippen LogP contribution in [-0.2, 0) is 10.0 Å². The van der Waals surface area contributed by atoms with Gasteiger partial charge < -0.3 is 5.32 Å². The molecule has 0 saturated carbocycles. The maximum atomic E-state index is 12.4. The number of halogens is 1. The predicted molar refractivity (Wildman–Crippen MR) is 126 cm³/mol. The maximum absolute atomic E-state index is 12.4. The molecule has 14 heteroatoms. The number of nitrogens with zero attached hydrogens (tertiary/aromatic N) is 3. The van der Waals surface area contributed by atoms with Crippen molar-refractivity contribution in [1.82, 2.24) is 24.7 Å². The lowest BCUT2D eigenvalue weighted by molar-refractivity contribution is 0.256. The molecule has 11 nitrogen and oxygen atoms in total. The summed E-state index contributed by atoms with van der Waals surface area (Å²) >= 11 is 6.55. The maximum Gasteiger partial charge on any atom is 0.334 e. The molecule has 0 unspecified atom stereocenters. The van der Waals surface area contributed by atoms with Gasteiger partial charge in [0.15, 0.2) is 11.6 Å². The third kappa shape index (κ3) is 5.05. The molecule has 4 aromatic rings. The van der Waals surface area contributed by atoms with Crippen LogP contribution in [0, 0.1) is 0 Å². The number of H-pyrrole nitrogens is 1. The Kier molecular flexibility index (Phi) is 6.18. The number of aromatic amines is 1. The van der Waals surface area contributed by atoms with Gasteiger partial charge in [0.1, 0.15) is 4.21 Å². The topological polar surface area (TPSA) is 151 Å². The molecular weight excluding hydrogens is 490 g/mol. The summed E-state index contributed by atoms with van der Waals surface area (Å²) in [4.78, 5) is 24.4. The lowest BCUT2D eigenvalue weighted by atomic mass is 10.1. The first-order valence-corrected chi connectivity index (χ1v) is 12.0. The van der Waals surface area contributed by atoms with E-state index >= 15 is 0 Å². The quantitative estimate of drug-likeness (QED) is 0.314. The number of amides is 2. The number of rotatable bonds is 6. The molecule has 3 aromatic heterocycles. The van der Waals surface area contributed by atoms with Crippen LogP contribution in [0.15, 0.2) is 63.6 Å². The molecule has 2 amide bonds. The summed E-state index contributed by atoms with van der Waals surface area (Å²) in [5.74, 6) is 0.169. The van der Waals surface area contributed by atoms with Gasteiger partial charge in [0.05, 0.1) is 10.0 Å². The molecule has 33 heavy (non-hydrogen) atoms. The average molecular weight is 506 g/mol. The van der Waals surface area contributed by atoms with Crippen molar-refractivity contribution in [2.24, 2.45) is 0 Å². The zero-order valence-electron chi connectivity index (χ0n) is 16.9. The van der Waals surface area contributed by atoms with Crippen LogP contribution in [0.5, 0.6) is 0 Å². The van der Waals surface area contributed by atoms with Crippen molar-refractivity contribution in [3.05, 3.63) is 69.3 Å². The summed E-state index contributed by atoms with van der Waals surface area (Å²) in [7, 11) is -2.26. The second-order valence-corrected chi connectivity index (χ2v) is 10.2. The average Bonchev–Trinajstić information content (AvgIpc) is 3.40. The van der Waals surface area contributed by atoms with E-state index in [0.717, 1.165) is 22.6 Å². The summed E-state index contributed by atoms with van der Waals surface area (Å²) in [6.45, 7) is 0. The minimum Gasteiger partial charge on any atom is -0.388 e. The number of hydrogen-bond acceptors (Lipinski definition) is 8. The number of anilines is 2. The first kappa shape index (κ1) is 22.5. The Morgan fingerprint density at radius 1 is 1.09 bits per heavy atom. The highest BCUT2D eigenvalue weighted by Gasteiger charge is 2.20. The van der Waals surface area contributed by atoms with Gasteiger partial charge in [0.2, 0.25) is 0 Å². The van der Waals surface area contributed by atoms with Crippen LogP contribution >= 0.6 is 22.9 Å². The van der Waals surface area contributed by atoms with Crippen molar-refractivity contribution in [3.63, 3.8) is 0 Å².